The van der Waals surface area contributed by atoms with Gasteiger partial charge in [-0.05, 0) is 64.5 Å². The molecule has 1 aromatic carbocycles. The number of nitrogens with one attached hydrogen (secondary N) is 1. The number of hydrogen-bond acceptors (Lipinski definition) is 3. The van der Waals surface area contributed by atoms with E-state index in [2.05, 4.69) is 36.3 Å². The largest absolute Gasteiger partial charge is 0.389 e. The van der Waals surface area contributed by atoms with Gasteiger partial charge in [0.05, 0.1) is 5.60 Å². The van der Waals surface area contributed by atoms with Crippen molar-refractivity contribution < 1.29 is 5.11 Å². The number of benzene rings is 1. The maximum absolute atomic E-state index is 9.87. The summed E-state index contributed by atoms with van der Waals surface area (Å²) in [6.07, 6.45) is 2.12. The Labute approximate surface area is 134 Å². The second-order valence-corrected chi connectivity index (χ2v) is 6.83. The first-order valence-electron chi connectivity index (χ1n) is 7.71. The number of halogens is 1. The van der Waals surface area contributed by atoms with E-state index in [1.165, 1.54) is 5.56 Å². The van der Waals surface area contributed by atoms with Crippen molar-refractivity contribution in [1.29, 1.82) is 0 Å². The van der Waals surface area contributed by atoms with Crippen LogP contribution >= 0.6 is 11.6 Å². The minimum absolute atomic E-state index is 0.325. The van der Waals surface area contributed by atoms with Crippen molar-refractivity contribution >= 4 is 11.6 Å². The Kier molecular flexibility index (Phi) is 7.67. The molecule has 0 radical (unpaired) electrons. The minimum atomic E-state index is -0.651. The quantitative estimate of drug-likeness (QED) is 0.733. The second-order valence-electron chi connectivity index (χ2n) is 6.40. The van der Waals surface area contributed by atoms with Crippen molar-refractivity contribution in [2.45, 2.75) is 45.3 Å². The van der Waals surface area contributed by atoms with E-state index in [4.69, 9.17) is 11.6 Å². The number of aliphatic hydroxyl groups is 1. The van der Waals surface area contributed by atoms with Gasteiger partial charge < -0.3 is 15.3 Å². The fourth-order valence-electron chi connectivity index (χ4n) is 2.49. The fourth-order valence-corrected chi connectivity index (χ4v) is 2.62. The standard InChI is InChI=1S/C17H29ClN2O/c1-5-11-19-16(14-6-8-15(18)9-7-14)10-12-20(4)13-17(2,3)21/h6-9,16,19,21H,5,10-13H2,1-4H3. The molecule has 0 aliphatic rings. The van der Waals surface area contributed by atoms with Gasteiger partial charge in [-0.1, -0.05) is 30.7 Å². The molecule has 0 amide bonds. The maximum Gasteiger partial charge on any atom is 0.0718 e. The van der Waals surface area contributed by atoms with Gasteiger partial charge in [0, 0.05) is 17.6 Å². The summed E-state index contributed by atoms with van der Waals surface area (Å²) in [5.41, 5.74) is 0.617. The van der Waals surface area contributed by atoms with Crippen LogP contribution in [0.4, 0.5) is 0 Å². The van der Waals surface area contributed by atoms with Crippen LogP contribution in [0.1, 0.15) is 45.2 Å². The maximum atomic E-state index is 9.87. The lowest BCUT2D eigenvalue weighted by Crippen LogP contribution is -2.37. The van der Waals surface area contributed by atoms with Gasteiger partial charge in [-0.25, -0.2) is 0 Å². The average Bonchev–Trinajstić information content (AvgIpc) is 2.38. The molecule has 0 saturated carbocycles. The van der Waals surface area contributed by atoms with Gasteiger partial charge in [-0.2, -0.15) is 0 Å². The smallest absolute Gasteiger partial charge is 0.0718 e. The van der Waals surface area contributed by atoms with Crippen LogP contribution in [0.5, 0.6) is 0 Å². The third-order valence-corrected chi connectivity index (χ3v) is 3.62. The molecular formula is C17H29ClN2O. The van der Waals surface area contributed by atoms with E-state index in [0.29, 0.717) is 12.6 Å². The van der Waals surface area contributed by atoms with Gasteiger partial charge in [0.25, 0.3) is 0 Å². The molecule has 0 bridgehead atoms. The first kappa shape index (κ1) is 18.4. The van der Waals surface area contributed by atoms with E-state index < -0.39 is 5.60 Å². The van der Waals surface area contributed by atoms with Crippen molar-refractivity contribution in [3.05, 3.63) is 34.9 Å². The third kappa shape index (κ3) is 7.82. The van der Waals surface area contributed by atoms with Crippen molar-refractivity contribution in [3.8, 4) is 0 Å². The summed E-state index contributed by atoms with van der Waals surface area (Å²) < 4.78 is 0. The highest BCUT2D eigenvalue weighted by atomic mass is 35.5. The lowest BCUT2D eigenvalue weighted by Gasteiger charge is -2.27. The lowest BCUT2D eigenvalue weighted by atomic mass is 10.0. The SMILES string of the molecule is CCCNC(CCN(C)CC(C)(C)O)c1ccc(Cl)cc1. The Morgan fingerprint density at radius 2 is 1.90 bits per heavy atom. The zero-order valence-electron chi connectivity index (χ0n) is 13.7. The van der Waals surface area contributed by atoms with Crippen molar-refractivity contribution in [1.82, 2.24) is 10.2 Å². The molecule has 0 heterocycles. The van der Waals surface area contributed by atoms with Gasteiger partial charge >= 0.3 is 0 Å². The van der Waals surface area contributed by atoms with E-state index in [1.807, 2.05) is 26.0 Å². The molecule has 120 valence electrons. The molecule has 0 saturated heterocycles. The van der Waals surface area contributed by atoms with Crippen molar-refractivity contribution in [2.24, 2.45) is 0 Å². The molecule has 21 heavy (non-hydrogen) atoms. The molecule has 0 fully saturated rings. The average molecular weight is 313 g/mol. The predicted molar refractivity (Wildman–Crippen MR) is 90.9 cm³/mol. The van der Waals surface area contributed by atoms with Crippen molar-refractivity contribution in [3.63, 3.8) is 0 Å². The Morgan fingerprint density at radius 3 is 2.43 bits per heavy atom. The van der Waals surface area contributed by atoms with Crippen LogP contribution < -0.4 is 5.32 Å². The van der Waals surface area contributed by atoms with E-state index >= 15 is 0 Å². The Balaban J connectivity index is 2.60. The second kappa shape index (κ2) is 8.74. The van der Waals surface area contributed by atoms with Crippen LogP contribution in [0.3, 0.4) is 0 Å². The number of nitrogens with zero attached hydrogens (tertiary/aromatic N) is 1. The van der Waals surface area contributed by atoms with Crippen molar-refractivity contribution in [2.75, 3.05) is 26.7 Å². The highest BCUT2D eigenvalue weighted by Gasteiger charge is 2.17. The van der Waals surface area contributed by atoms with Crippen LogP contribution in [0.25, 0.3) is 0 Å². The highest BCUT2D eigenvalue weighted by Crippen LogP contribution is 2.20. The summed E-state index contributed by atoms with van der Waals surface area (Å²) in [5, 5.41) is 14.2. The van der Waals surface area contributed by atoms with E-state index in [0.717, 1.165) is 31.0 Å². The molecule has 2 N–H and O–H groups in total. The van der Waals surface area contributed by atoms with Gasteiger partial charge in [-0.3, -0.25) is 0 Å². The zero-order valence-corrected chi connectivity index (χ0v) is 14.5. The summed E-state index contributed by atoms with van der Waals surface area (Å²) >= 11 is 5.96. The molecule has 1 aromatic rings. The molecule has 1 atom stereocenters. The lowest BCUT2D eigenvalue weighted by molar-refractivity contribution is 0.0435. The van der Waals surface area contributed by atoms with Gasteiger partial charge in [0.15, 0.2) is 0 Å². The Bertz CT molecular complexity index is 400. The topological polar surface area (TPSA) is 35.5 Å². The molecule has 0 spiro atoms. The normalized spacial score (nSPS) is 13.7. The molecule has 0 aliphatic heterocycles. The van der Waals surface area contributed by atoms with E-state index in [1.54, 1.807) is 0 Å². The monoisotopic (exact) mass is 312 g/mol. The summed E-state index contributed by atoms with van der Waals surface area (Å²) in [6.45, 7) is 8.47. The van der Waals surface area contributed by atoms with Crippen LogP contribution in [0.15, 0.2) is 24.3 Å². The zero-order chi connectivity index (χ0) is 15.9. The third-order valence-electron chi connectivity index (χ3n) is 3.37. The summed E-state index contributed by atoms with van der Waals surface area (Å²) in [6, 6.07) is 8.39. The van der Waals surface area contributed by atoms with Crippen LogP contribution in [0.2, 0.25) is 5.02 Å². The minimum Gasteiger partial charge on any atom is -0.389 e. The van der Waals surface area contributed by atoms with Crippen LogP contribution in [-0.2, 0) is 0 Å². The van der Waals surface area contributed by atoms with Gasteiger partial charge in [0.2, 0.25) is 0 Å². The predicted octanol–water partition coefficient (Wildman–Crippen LogP) is 3.47. The molecule has 1 rings (SSSR count). The molecule has 1 unspecified atom stereocenters. The van der Waals surface area contributed by atoms with Crippen LogP contribution in [0, 0.1) is 0 Å². The van der Waals surface area contributed by atoms with Gasteiger partial charge in [-0.15, -0.1) is 0 Å². The Hall–Kier alpha value is -0.610. The summed E-state index contributed by atoms with van der Waals surface area (Å²) in [4.78, 5) is 2.18. The first-order valence-corrected chi connectivity index (χ1v) is 8.09. The van der Waals surface area contributed by atoms with Gasteiger partial charge in [0.1, 0.15) is 0 Å². The van der Waals surface area contributed by atoms with Crippen LogP contribution in [-0.4, -0.2) is 42.3 Å². The summed E-state index contributed by atoms with van der Waals surface area (Å²) in [7, 11) is 2.05. The molecule has 3 nitrogen and oxygen atoms in total. The molecule has 0 aromatic heterocycles. The fraction of sp³-hybridized carbons (Fsp3) is 0.647. The Morgan fingerprint density at radius 1 is 1.29 bits per heavy atom. The number of rotatable bonds is 9. The molecule has 0 aliphatic carbocycles. The van der Waals surface area contributed by atoms with E-state index in [-0.39, 0.29) is 0 Å². The number of likely N-dealkylation sites (N-methyl/N-ethyl adjacent to an activating group) is 1. The molecular weight excluding hydrogens is 284 g/mol. The highest BCUT2D eigenvalue weighted by molar-refractivity contribution is 6.30. The summed E-state index contributed by atoms with van der Waals surface area (Å²) in [5.74, 6) is 0. The van der Waals surface area contributed by atoms with E-state index in [9.17, 15) is 5.11 Å². The molecule has 4 heteroatoms. The first-order chi connectivity index (χ1) is 9.81. The number of hydrogen-bond donors (Lipinski definition) is 2.